The summed E-state index contributed by atoms with van der Waals surface area (Å²) in [5.41, 5.74) is 0. The molecule has 0 unspecified atom stereocenters. The summed E-state index contributed by atoms with van der Waals surface area (Å²) in [4.78, 5) is 25.6. The van der Waals surface area contributed by atoms with Crippen molar-refractivity contribution >= 4 is 7.82 Å². The summed E-state index contributed by atoms with van der Waals surface area (Å²) in [5, 5.41) is 8.24. The SMILES string of the molecule is CC(C)CCO.O=P([O-])([O-])[O-].[K+].[K+].[K+]. The first-order valence-corrected chi connectivity index (χ1v) is 4.57. The zero-order valence-corrected chi connectivity index (χ0v) is 19.8. The van der Waals surface area contributed by atoms with E-state index in [2.05, 4.69) is 13.8 Å². The van der Waals surface area contributed by atoms with Gasteiger partial charge in [0.05, 0.1) is 0 Å². The van der Waals surface area contributed by atoms with Crippen LogP contribution in [0.4, 0.5) is 0 Å². The third kappa shape index (κ3) is 68.1. The molecule has 70 valence electrons. The fourth-order valence-corrected chi connectivity index (χ4v) is 0.258. The minimum Gasteiger partial charge on any atom is -0.822 e. The Hall–Kier alpha value is 4.98. The molecule has 0 aliphatic carbocycles. The molecule has 5 nitrogen and oxygen atoms in total. The van der Waals surface area contributed by atoms with E-state index in [4.69, 9.17) is 24.4 Å². The smallest absolute Gasteiger partial charge is 0.822 e. The molecule has 0 rings (SSSR count). The van der Waals surface area contributed by atoms with Crippen molar-refractivity contribution in [3.05, 3.63) is 0 Å². The van der Waals surface area contributed by atoms with Gasteiger partial charge in [-0.15, -0.1) is 0 Å². The summed E-state index contributed by atoms with van der Waals surface area (Å²) in [7, 11) is -5.39. The Bertz CT molecular complexity index is 120. The van der Waals surface area contributed by atoms with Gasteiger partial charge in [-0.2, -0.15) is 7.82 Å². The second-order valence-electron chi connectivity index (χ2n) is 2.35. The summed E-state index contributed by atoms with van der Waals surface area (Å²) < 4.78 is 8.55. The summed E-state index contributed by atoms with van der Waals surface area (Å²) in [5.74, 6) is 0.648. The molecule has 0 saturated heterocycles. The molecular formula is C5H12K3O5P. The third-order valence-electron chi connectivity index (χ3n) is 0.706. The van der Waals surface area contributed by atoms with Crippen molar-refractivity contribution in [2.24, 2.45) is 5.92 Å². The second kappa shape index (κ2) is 20.3. The summed E-state index contributed by atoms with van der Waals surface area (Å²) in [6.07, 6.45) is 0.931. The van der Waals surface area contributed by atoms with E-state index in [1.54, 1.807) is 0 Å². The van der Waals surface area contributed by atoms with Crippen molar-refractivity contribution in [1.82, 2.24) is 0 Å². The molecule has 0 aromatic heterocycles. The minimum atomic E-state index is -5.39. The van der Waals surface area contributed by atoms with E-state index < -0.39 is 7.82 Å². The Morgan fingerprint density at radius 1 is 1.14 bits per heavy atom. The molecular weight excluding hydrogens is 288 g/mol. The normalized spacial score (nSPS) is 8.50. The zero-order valence-electron chi connectivity index (χ0n) is 9.52. The van der Waals surface area contributed by atoms with Crippen LogP contribution < -0.4 is 169 Å². The monoisotopic (exact) mass is 300 g/mol. The van der Waals surface area contributed by atoms with Crippen LogP contribution in [0.5, 0.6) is 0 Å². The van der Waals surface area contributed by atoms with Crippen molar-refractivity contribution in [3.8, 4) is 0 Å². The predicted octanol–water partition coefficient (Wildman–Crippen LogP) is -10.8. The summed E-state index contributed by atoms with van der Waals surface area (Å²) >= 11 is 0. The van der Waals surface area contributed by atoms with Crippen LogP contribution in [0.3, 0.4) is 0 Å². The summed E-state index contributed by atoms with van der Waals surface area (Å²) in [6, 6.07) is 0. The Kier molecular flexibility index (Phi) is 45.5. The summed E-state index contributed by atoms with van der Waals surface area (Å²) in [6.45, 7) is 4.52. The van der Waals surface area contributed by atoms with Crippen LogP contribution in [-0.2, 0) is 4.57 Å². The molecule has 0 spiro atoms. The van der Waals surface area contributed by atoms with Crippen molar-refractivity contribution in [2.45, 2.75) is 20.3 Å². The maximum Gasteiger partial charge on any atom is 1.00 e. The number of aliphatic hydroxyl groups excluding tert-OH is 1. The molecule has 0 bridgehead atoms. The van der Waals surface area contributed by atoms with E-state index in [-0.39, 0.29) is 154 Å². The van der Waals surface area contributed by atoms with Crippen LogP contribution in [0.2, 0.25) is 0 Å². The van der Waals surface area contributed by atoms with E-state index >= 15 is 0 Å². The van der Waals surface area contributed by atoms with Crippen LogP contribution in [0, 0.1) is 5.92 Å². The first-order valence-electron chi connectivity index (χ1n) is 3.11. The third-order valence-corrected chi connectivity index (χ3v) is 0.706. The van der Waals surface area contributed by atoms with E-state index in [0.29, 0.717) is 12.5 Å². The molecule has 1 N–H and O–H groups in total. The van der Waals surface area contributed by atoms with Gasteiger partial charge in [-0.1, -0.05) is 13.8 Å². The second-order valence-corrected chi connectivity index (χ2v) is 3.25. The quantitative estimate of drug-likeness (QED) is 0.402. The number of hydrogen-bond acceptors (Lipinski definition) is 5. The van der Waals surface area contributed by atoms with Gasteiger partial charge in [-0.25, -0.2) is 0 Å². The molecule has 14 heavy (non-hydrogen) atoms. The molecule has 0 atom stereocenters. The molecule has 0 saturated carbocycles. The van der Waals surface area contributed by atoms with Gasteiger partial charge in [0.15, 0.2) is 0 Å². The van der Waals surface area contributed by atoms with Crippen molar-refractivity contribution in [2.75, 3.05) is 6.61 Å². The molecule has 0 aliphatic heterocycles. The maximum absolute atomic E-state index is 8.55. The van der Waals surface area contributed by atoms with E-state index in [1.165, 1.54) is 0 Å². The van der Waals surface area contributed by atoms with Crippen LogP contribution in [0.1, 0.15) is 20.3 Å². The van der Waals surface area contributed by atoms with Gasteiger partial charge in [-0.05, 0) is 12.3 Å². The van der Waals surface area contributed by atoms with Gasteiger partial charge in [0.1, 0.15) is 0 Å². The average Bonchev–Trinajstić information content (AvgIpc) is 1.58. The standard InChI is InChI=1S/C5H12O.3K.H3O4P/c1-5(2)3-4-6;;;;1-5(2,3)4/h5-6H,3-4H2,1-2H3;;;;(H3,1,2,3,4)/q;3*+1;/p-3. The van der Waals surface area contributed by atoms with Crippen LogP contribution in [0.15, 0.2) is 0 Å². The fourth-order valence-electron chi connectivity index (χ4n) is 0.258. The molecule has 0 radical (unpaired) electrons. The molecule has 9 heteroatoms. The van der Waals surface area contributed by atoms with E-state index in [0.717, 1.165) is 6.42 Å². The van der Waals surface area contributed by atoms with Gasteiger partial charge >= 0.3 is 154 Å². The van der Waals surface area contributed by atoms with E-state index in [1.807, 2.05) is 0 Å². The molecule has 0 heterocycles. The predicted molar refractivity (Wildman–Crippen MR) is 34.1 cm³/mol. The number of aliphatic hydroxyl groups is 1. The Labute approximate surface area is 213 Å². The molecule has 0 fully saturated rings. The van der Waals surface area contributed by atoms with Crippen molar-refractivity contribution in [3.63, 3.8) is 0 Å². The average molecular weight is 300 g/mol. The van der Waals surface area contributed by atoms with Crippen LogP contribution >= 0.6 is 7.82 Å². The molecule has 0 amide bonds. The number of hydrogen-bond donors (Lipinski definition) is 1. The Morgan fingerprint density at radius 2 is 1.36 bits per heavy atom. The van der Waals surface area contributed by atoms with Crippen molar-refractivity contribution < 1.29 is 179 Å². The van der Waals surface area contributed by atoms with Gasteiger partial charge in [0, 0.05) is 6.61 Å². The number of rotatable bonds is 2. The maximum atomic E-state index is 8.55. The molecule has 0 aromatic carbocycles. The first-order chi connectivity index (χ1) is 4.77. The fraction of sp³-hybridized carbons (Fsp3) is 1.00. The topological polar surface area (TPSA) is 106 Å². The first kappa shape index (κ1) is 31.4. The van der Waals surface area contributed by atoms with E-state index in [9.17, 15) is 0 Å². The van der Waals surface area contributed by atoms with Gasteiger partial charge < -0.3 is 24.4 Å². The van der Waals surface area contributed by atoms with Crippen LogP contribution in [-0.4, -0.2) is 11.7 Å². The van der Waals surface area contributed by atoms with Gasteiger partial charge in [0.25, 0.3) is 0 Å². The van der Waals surface area contributed by atoms with Crippen molar-refractivity contribution in [1.29, 1.82) is 0 Å². The molecule has 0 aromatic rings. The van der Waals surface area contributed by atoms with Gasteiger partial charge in [-0.3, -0.25) is 0 Å². The molecule has 0 aliphatic rings. The minimum absolute atomic E-state index is 0. The Balaban J connectivity index is -0.0000000321. The largest absolute Gasteiger partial charge is 1.00 e. The zero-order chi connectivity index (χ0) is 9.49. The number of phosphoric acid groups is 1. The Morgan fingerprint density at radius 3 is 1.36 bits per heavy atom. The van der Waals surface area contributed by atoms with Crippen LogP contribution in [0.25, 0.3) is 0 Å². The van der Waals surface area contributed by atoms with Gasteiger partial charge in [0.2, 0.25) is 0 Å².